The van der Waals surface area contributed by atoms with Crippen molar-refractivity contribution in [2.75, 3.05) is 13.7 Å². The molecule has 10 nitrogen and oxygen atoms in total. The molecule has 0 aliphatic carbocycles. The molecule has 1 saturated heterocycles. The van der Waals surface area contributed by atoms with Crippen LogP contribution >= 0.6 is 10.8 Å². The van der Waals surface area contributed by atoms with Crippen molar-refractivity contribution in [2.45, 2.75) is 29.3 Å². The topological polar surface area (TPSA) is 128 Å². The number of carbonyl (C=O) groups is 3. The third-order valence-corrected chi connectivity index (χ3v) is 10.9. The fourth-order valence-electron chi connectivity index (χ4n) is 4.84. The minimum Gasteiger partial charge on any atom is -0.499 e. The first kappa shape index (κ1) is 33.3. The van der Waals surface area contributed by atoms with Crippen LogP contribution in [0.3, 0.4) is 0 Å². The molecule has 1 aliphatic heterocycles. The number of benzene rings is 4. The minimum atomic E-state index is -4.08. The Hall–Kier alpha value is -5.07. The first-order valence-corrected chi connectivity index (χ1v) is 17.4. The van der Waals surface area contributed by atoms with Gasteiger partial charge in [-0.1, -0.05) is 97.1 Å². The van der Waals surface area contributed by atoms with Crippen LogP contribution in [0.15, 0.2) is 138 Å². The Morgan fingerprint density at radius 2 is 1.34 bits per heavy atom. The van der Waals surface area contributed by atoms with Crippen molar-refractivity contribution in [3.63, 3.8) is 0 Å². The summed E-state index contributed by atoms with van der Waals surface area (Å²) < 4.78 is 44.0. The number of hydrogen-bond acceptors (Lipinski definition) is 9. The molecule has 1 heterocycles. The van der Waals surface area contributed by atoms with Crippen LogP contribution in [-0.4, -0.2) is 56.2 Å². The Balaban J connectivity index is 1.45. The number of ether oxygens (including phenoxy) is 3. The van der Waals surface area contributed by atoms with E-state index in [4.69, 9.17) is 14.2 Å². The summed E-state index contributed by atoms with van der Waals surface area (Å²) in [7, 11) is -2.33. The zero-order valence-corrected chi connectivity index (χ0v) is 27.1. The van der Waals surface area contributed by atoms with E-state index in [2.05, 4.69) is 5.32 Å². The zero-order valence-electron chi connectivity index (χ0n) is 25.5. The van der Waals surface area contributed by atoms with Crippen molar-refractivity contribution in [3.05, 3.63) is 144 Å². The molecule has 2 atom stereocenters. The summed E-state index contributed by atoms with van der Waals surface area (Å²) in [6.45, 7) is 1.05. The molecule has 0 saturated carbocycles. The largest absolute Gasteiger partial charge is 0.499 e. The van der Waals surface area contributed by atoms with E-state index < -0.39 is 50.8 Å². The summed E-state index contributed by atoms with van der Waals surface area (Å²) in [5.41, 5.74) is 1.07. The Kier molecular flexibility index (Phi) is 10.6. The second kappa shape index (κ2) is 15.0. The normalized spacial score (nSPS) is 16.5. The maximum atomic E-state index is 14.0. The van der Waals surface area contributed by atoms with Gasteiger partial charge in [0.2, 0.25) is 8.87 Å². The molecule has 1 N–H and O–H groups in total. The average Bonchev–Trinajstić information content (AvgIpc) is 3.11. The molecule has 0 bridgehead atoms. The Labute approximate surface area is 276 Å². The van der Waals surface area contributed by atoms with Gasteiger partial charge in [-0.05, 0) is 42.3 Å². The third-order valence-electron chi connectivity index (χ3n) is 7.23. The highest BCUT2D eigenvalue weighted by Crippen LogP contribution is 2.41. The minimum absolute atomic E-state index is 0.00780. The fourth-order valence-corrected chi connectivity index (χ4v) is 8.33. The second-order valence-electron chi connectivity index (χ2n) is 10.3. The van der Waals surface area contributed by atoms with Crippen LogP contribution in [0.2, 0.25) is 0 Å². The molecule has 0 radical (unpaired) electrons. The number of rotatable bonds is 13. The van der Waals surface area contributed by atoms with Gasteiger partial charge in [0.25, 0.3) is 11.8 Å². The van der Waals surface area contributed by atoms with Crippen LogP contribution in [0.1, 0.15) is 24.2 Å². The third kappa shape index (κ3) is 7.84. The van der Waals surface area contributed by atoms with E-state index in [1.165, 1.54) is 26.2 Å². The molecule has 1 aliphatic rings. The molecule has 2 amide bonds. The smallest absolute Gasteiger partial charge is 0.359 e. The van der Waals surface area contributed by atoms with Gasteiger partial charge in [-0.15, -0.1) is 0 Å². The molecule has 47 heavy (non-hydrogen) atoms. The maximum absolute atomic E-state index is 14.0. The SMILES string of the molecule is COC(C)=C(C(=O)OC(c1ccccc1)c1ccccc1)N1C(=O)C(NC(=O)COc2ccccc2)C1SS(=O)(=O)c1ccccc1. The Morgan fingerprint density at radius 3 is 1.87 bits per heavy atom. The van der Waals surface area contributed by atoms with Crippen molar-refractivity contribution >= 4 is 37.4 Å². The van der Waals surface area contributed by atoms with Crippen molar-refractivity contribution in [2.24, 2.45) is 0 Å². The summed E-state index contributed by atoms with van der Waals surface area (Å²) in [4.78, 5) is 41.7. The molecule has 12 heteroatoms. The quantitative estimate of drug-likeness (QED) is 0.0682. The number of carbonyl (C=O) groups excluding carboxylic acids is 3. The van der Waals surface area contributed by atoms with Crippen molar-refractivity contribution in [1.29, 1.82) is 0 Å². The van der Waals surface area contributed by atoms with Gasteiger partial charge in [-0.3, -0.25) is 14.5 Å². The van der Waals surface area contributed by atoms with Gasteiger partial charge in [-0.2, -0.15) is 0 Å². The van der Waals surface area contributed by atoms with Gasteiger partial charge in [0.05, 0.1) is 12.0 Å². The van der Waals surface area contributed by atoms with Crippen molar-refractivity contribution in [3.8, 4) is 5.75 Å². The summed E-state index contributed by atoms with van der Waals surface area (Å²) in [6, 6.07) is 33.1. The van der Waals surface area contributed by atoms with Gasteiger partial charge >= 0.3 is 5.97 Å². The molecule has 1 fully saturated rings. The molecule has 2 unspecified atom stereocenters. The number of nitrogens with zero attached hydrogens (tertiary/aromatic N) is 1. The molecule has 4 aromatic carbocycles. The predicted octanol–water partition coefficient (Wildman–Crippen LogP) is 5.05. The monoisotopic (exact) mass is 672 g/mol. The number of methoxy groups -OCH3 is 1. The summed E-state index contributed by atoms with van der Waals surface area (Å²) in [6.07, 6.45) is -0.856. The van der Waals surface area contributed by atoms with Gasteiger partial charge in [0.1, 0.15) is 22.9 Å². The van der Waals surface area contributed by atoms with Gasteiger partial charge in [0, 0.05) is 10.8 Å². The van der Waals surface area contributed by atoms with E-state index >= 15 is 0 Å². The Bertz CT molecular complexity index is 1800. The summed E-state index contributed by atoms with van der Waals surface area (Å²) in [5, 5.41) is 1.32. The van der Waals surface area contributed by atoms with E-state index in [0.717, 1.165) is 4.90 Å². The standard InChI is InChI=1S/C35H32N2O8S2/c1-24(43-2)31(35(40)45-32(25-15-7-3-8-16-25)26-17-9-4-10-18-26)37-33(39)30(36-29(38)23-44-27-19-11-5-12-20-27)34(37)46-47(41,42)28-21-13-6-14-22-28/h3-22,30,32,34H,23H2,1-2H3,(H,36,38). The number of likely N-dealkylation sites (tertiary alicyclic amines) is 1. The van der Waals surface area contributed by atoms with Crippen LogP contribution in [0, 0.1) is 0 Å². The van der Waals surface area contributed by atoms with E-state index in [1.807, 2.05) is 36.4 Å². The summed E-state index contributed by atoms with van der Waals surface area (Å²) >= 11 is 0. The molecule has 0 spiro atoms. The number of hydrogen-bond donors (Lipinski definition) is 1. The number of β-lactam (4-membered cyclic amide) rings is 1. The van der Waals surface area contributed by atoms with Gasteiger partial charge in [0.15, 0.2) is 18.4 Å². The van der Waals surface area contributed by atoms with E-state index in [0.29, 0.717) is 27.7 Å². The van der Waals surface area contributed by atoms with Crippen LogP contribution in [-0.2, 0) is 32.7 Å². The highest BCUT2D eigenvalue weighted by Gasteiger charge is 2.55. The Morgan fingerprint density at radius 1 is 0.830 bits per heavy atom. The molecule has 242 valence electrons. The van der Waals surface area contributed by atoms with E-state index in [1.54, 1.807) is 72.8 Å². The highest BCUT2D eigenvalue weighted by atomic mass is 33.1. The molecule has 4 aromatic rings. The summed E-state index contributed by atoms with van der Waals surface area (Å²) in [5.74, 6) is -1.84. The highest BCUT2D eigenvalue weighted by molar-refractivity contribution is 8.72. The second-order valence-corrected chi connectivity index (χ2v) is 14.3. The van der Waals surface area contributed by atoms with Crippen LogP contribution in [0.4, 0.5) is 0 Å². The van der Waals surface area contributed by atoms with E-state index in [-0.39, 0.29) is 16.4 Å². The first-order valence-electron chi connectivity index (χ1n) is 14.5. The fraction of sp³-hybridized carbons (Fsp3) is 0.171. The molecular formula is C35H32N2O8S2. The van der Waals surface area contributed by atoms with Gasteiger partial charge in [-0.25, -0.2) is 13.2 Å². The number of allylic oxidation sites excluding steroid dienone is 1. The zero-order chi connectivity index (χ0) is 33.4. The molecule has 0 aromatic heterocycles. The molecule has 5 rings (SSSR count). The first-order chi connectivity index (χ1) is 22.7. The lowest BCUT2D eigenvalue weighted by Gasteiger charge is -2.46. The lowest BCUT2D eigenvalue weighted by atomic mass is 10.0. The number of para-hydroxylation sites is 1. The van der Waals surface area contributed by atoms with Crippen LogP contribution < -0.4 is 10.1 Å². The van der Waals surface area contributed by atoms with E-state index in [9.17, 15) is 22.8 Å². The maximum Gasteiger partial charge on any atom is 0.359 e. The average molecular weight is 673 g/mol. The predicted molar refractivity (Wildman–Crippen MR) is 176 cm³/mol. The van der Waals surface area contributed by atoms with Crippen LogP contribution in [0.25, 0.3) is 0 Å². The number of esters is 1. The molecular weight excluding hydrogens is 641 g/mol. The van der Waals surface area contributed by atoms with Crippen molar-refractivity contribution < 1.29 is 37.0 Å². The van der Waals surface area contributed by atoms with Gasteiger partial charge < -0.3 is 19.5 Å². The lowest BCUT2D eigenvalue weighted by Crippen LogP contribution is -2.70. The number of amides is 2. The lowest BCUT2D eigenvalue weighted by molar-refractivity contribution is -0.155. The van der Waals surface area contributed by atoms with Crippen LogP contribution in [0.5, 0.6) is 5.75 Å². The number of nitrogens with one attached hydrogen (secondary N) is 1. The van der Waals surface area contributed by atoms with Crippen molar-refractivity contribution in [1.82, 2.24) is 10.2 Å².